The second-order valence-electron chi connectivity index (χ2n) is 4.90. The summed E-state index contributed by atoms with van der Waals surface area (Å²) >= 11 is 0. The third kappa shape index (κ3) is 3.76. The number of ketones is 1. The Labute approximate surface area is 138 Å². The van der Waals surface area contributed by atoms with E-state index in [4.69, 9.17) is 14.2 Å². The van der Waals surface area contributed by atoms with Crippen LogP contribution in [0.3, 0.4) is 0 Å². The predicted molar refractivity (Wildman–Crippen MR) is 86.1 cm³/mol. The molecule has 2 aromatic carbocycles. The van der Waals surface area contributed by atoms with Crippen molar-refractivity contribution in [3.05, 3.63) is 70.3 Å². The van der Waals surface area contributed by atoms with Crippen LogP contribution >= 0.6 is 0 Å². The Balaban J connectivity index is 2.15. The molecule has 0 aliphatic rings. The SMILES string of the molecule is COC(COc1ccc([N+](=O)[O-])cc1)(OC)C(=O)c1ccccc1. The second-order valence-corrected chi connectivity index (χ2v) is 4.90. The number of non-ortho nitro benzene ring substituents is 1. The molecule has 126 valence electrons. The van der Waals surface area contributed by atoms with Crippen LogP contribution in [0.25, 0.3) is 0 Å². The molecule has 0 unspecified atom stereocenters. The maximum absolute atomic E-state index is 12.7. The molecule has 0 saturated heterocycles. The van der Waals surface area contributed by atoms with Gasteiger partial charge in [0, 0.05) is 31.9 Å². The number of nitro benzene ring substituents is 1. The molecule has 0 heterocycles. The summed E-state index contributed by atoms with van der Waals surface area (Å²) in [5.74, 6) is -1.63. The zero-order valence-corrected chi connectivity index (χ0v) is 13.3. The standard InChI is InChI=1S/C17H17NO6/c1-22-17(23-2,16(19)13-6-4-3-5-7-13)12-24-15-10-8-14(9-11-15)18(20)21/h3-11H,12H2,1-2H3. The molecule has 0 radical (unpaired) electrons. The van der Waals surface area contributed by atoms with Crippen LogP contribution in [-0.2, 0) is 9.47 Å². The first-order valence-electron chi connectivity index (χ1n) is 7.10. The van der Waals surface area contributed by atoms with Crippen LogP contribution in [-0.4, -0.2) is 37.3 Å². The largest absolute Gasteiger partial charge is 0.487 e. The Morgan fingerprint density at radius 2 is 1.62 bits per heavy atom. The lowest BCUT2D eigenvalue weighted by atomic mass is 10.0. The van der Waals surface area contributed by atoms with Crippen molar-refractivity contribution in [2.24, 2.45) is 0 Å². The molecule has 7 nitrogen and oxygen atoms in total. The zero-order valence-electron chi connectivity index (χ0n) is 13.3. The summed E-state index contributed by atoms with van der Waals surface area (Å²) < 4.78 is 16.1. The number of methoxy groups -OCH3 is 2. The van der Waals surface area contributed by atoms with Gasteiger partial charge in [0.25, 0.3) is 11.5 Å². The average Bonchev–Trinajstić information content (AvgIpc) is 2.64. The van der Waals surface area contributed by atoms with Crippen LogP contribution < -0.4 is 4.74 Å². The van der Waals surface area contributed by atoms with E-state index in [0.29, 0.717) is 11.3 Å². The van der Waals surface area contributed by atoms with Crippen molar-refractivity contribution in [3.63, 3.8) is 0 Å². The van der Waals surface area contributed by atoms with E-state index in [1.54, 1.807) is 30.3 Å². The fourth-order valence-corrected chi connectivity index (χ4v) is 2.10. The number of nitro groups is 1. The minimum atomic E-state index is -1.61. The van der Waals surface area contributed by atoms with Crippen LogP contribution in [0.4, 0.5) is 5.69 Å². The first-order chi connectivity index (χ1) is 11.5. The number of carbonyl (C=O) groups is 1. The molecule has 2 rings (SSSR count). The van der Waals surface area contributed by atoms with Crippen molar-refractivity contribution in [1.82, 2.24) is 0 Å². The molecule has 0 amide bonds. The van der Waals surface area contributed by atoms with Crippen molar-refractivity contribution >= 4 is 11.5 Å². The number of hydrogen-bond donors (Lipinski definition) is 0. The highest BCUT2D eigenvalue weighted by molar-refractivity contribution is 6.01. The van der Waals surface area contributed by atoms with Crippen LogP contribution in [0.15, 0.2) is 54.6 Å². The minimum absolute atomic E-state index is 0.0486. The molecule has 0 aromatic heterocycles. The molecular weight excluding hydrogens is 314 g/mol. The van der Waals surface area contributed by atoms with E-state index in [2.05, 4.69) is 0 Å². The molecule has 0 aliphatic heterocycles. The van der Waals surface area contributed by atoms with Gasteiger partial charge in [-0.15, -0.1) is 0 Å². The third-order valence-electron chi connectivity index (χ3n) is 3.52. The average molecular weight is 331 g/mol. The lowest BCUT2D eigenvalue weighted by Gasteiger charge is -2.29. The Kier molecular flexibility index (Phi) is 5.62. The lowest BCUT2D eigenvalue weighted by Crippen LogP contribution is -2.48. The zero-order chi connectivity index (χ0) is 17.6. The fraction of sp³-hybridized carbons (Fsp3) is 0.235. The molecule has 0 aliphatic carbocycles. The highest BCUT2D eigenvalue weighted by atomic mass is 16.7. The van der Waals surface area contributed by atoms with Crippen molar-refractivity contribution in [2.45, 2.75) is 5.79 Å². The molecule has 0 saturated carbocycles. The quantitative estimate of drug-likeness (QED) is 0.320. The monoisotopic (exact) mass is 331 g/mol. The number of rotatable bonds is 8. The second kappa shape index (κ2) is 7.67. The molecule has 0 fully saturated rings. The van der Waals surface area contributed by atoms with Crippen molar-refractivity contribution in [3.8, 4) is 5.75 Å². The summed E-state index contributed by atoms with van der Waals surface area (Å²) in [4.78, 5) is 22.8. The highest BCUT2D eigenvalue weighted by Gasteiger charge is 2.40. The van der Waals surface area contributed by atoms with E-state index in [9.17, 15) is 14.9 Å². The summed E-state index contributed by atoms with van der Waals surface area (Å²) in [7, 11) is 2.70. The van der Waals surface area contributed by atoms with Gasteiger partial charge in [-0.2, -0.15) is 0 Å². The Morgan fingerprint density at radius 1 is 1.04 bits per heavy atom. The summed E-state index contributed by atoms with van der Waals surface area (Å²) in [5.41, 5.74) is 0.376. The van der Waals surface area contributed by atoms with Gasteiger partial charge >= 0.3 is 0 Å². The number of hydrogen-bond acceptors (Lipinski definition) is 6. The van der Waals surface area contributed by atoms with Crippen molar-refractivity contribution in [2.75, 3.05) is 20.8 Å². The molecule has 0 bridgehead atoms. The Morgan fingerprint density at radius 3 is 2.12 bits per heavy atom. The van der Waals surface area contributed by atoms with Crippen molar-refractivity contribution in [1.29, 1.82) is 0 Å². The van der Waals surface area contributed by atoms with Gasteiger partial charge in [-0.1, -0.05) is 30.3 Å². The first kappa shape index (κ1) is 17.6. The van der Waals surface area contributed by atoms with Crippen LogP contribution in [0.1, 0.15) is 10.4 Å². The summed E-state index contributed by atoms with van der Waals surface area (Å²) in [5, 5.41) is 10.6. The number of nitrogens with zero attached hydrogens (tertiary/aromatic N) is 1. The summed E-state index contributed by atoms with van der Waals surface area (Å²) in [6.45, 7) is -0.203. The highest BCUT2D eigenvalue weighted by Crippen LogP contribution is 2.23. The van der Waals surface area contributed by atoms with E-state index >= 15 is 0 Å². The Hall–Kier alpha value is -2.77. The van der Waals surface area contributed by atoms with Crippen LogP contribution in [0, 0.1) is 10.1 Å². The first-order valence-corrected chi connectivity index (χ1v) is 7.10. The van der Waals surface area contributed by atoms with Gasteiger partial charge in [-0.3, -0.25) is 14.9 Å². The van der Waals surface area contributed by atoms with E-state index in [0.717, 1.165) is 0 Å². The van der Waals surface area contributed by atoms with Gasteiger partial charge < -0.3 is 14.2 Å². The Bertz CT molecular complexity index is 695. The van der Waals surface area contributed by atoms with Gasteiger partial charge in [-0.05, 0) is 12.1 Å². The van der Waals surface area contributed by atoms with E-state index in [1.165, 1.54) is 38.5 Å². The summed E-state index contributed by atoms with van der Waals surface area (Å²) in [6.07, 6.45) is 0. The van der Waals surface area contributed by atoms with Gasteiger partial charge in [0.2, 0.25) is 5.78 Å². The fourth-order valence-electron chi connectivity index (χ4n) is 2.10. The summed E-state index contributed by atoms with van der Waals surface area (Å²) in [6, 6.07) is 14.1. The van der Waals surface area contributed by atoms with Gasteiger partial charge in [0.1, 0.15) is 5.75 Å². The number of Topliss-reactive ketones (excluding diaryl/α,β-unsaturated/α-hetero) is 1. The van der Waals surface area contributed by atoms with Crippen LogP contribution in [0.2, 0.25) is 0 Å². The molecule has 7 heteroatoms. The molecule has 0 atom stereocenters. The molecule has 0 spiro atoms. The minimum Gasteiger partial charge on any atom is -0.487 e. The predicted octanol–water partition coefficient (Wildman–Crippen LogP) is 2.85. The number of carbonyl (C=O) groups excluding carboxylic acids is 1. The maximum Gasteiger partial charge on any atom is 0.269 e. The number of benzene rings is 2. The third-order valence-corrected chi connectivity index (χ3v) is 3.52. The van der Waals surface area contributed by atoms with Gasteiger partial charge in [-0.25, -0.2) is 0 Å². The lowest BCUT2D eigenvalue weighted by molar-refractivity contribution is -0.384. The smallest absolute Gasteiger partial charge is 0.269 e. The number of ether oxygens (including phenoxy) is 3. The molecule has 0 N–H and O–H groups in total. The van der Waals surface area contributed by atoms with Gasteiger partial charge in [0.05, 0.1) is 4.92 Å². The maximum atomic E-state index is 12.7. The van der Waals surface area contributed by atoms with Gasteiger partial charge in [0.15, 0.2) is 6.61 Å². The topological polar surface area (TPSA) is 87.9 Å². The van der Waals surface area contributed by atoms with Crippen LogP contribution in [0.5, 0.6) is 5.75 Å². The molecular formula is C17H17NO6. The normalized spacial score (nSPS) is 11.1. The van der Waals surface area contributed by atoms with E-state index in [1.807, 2.05) is 0 Å². The van der Waals surface area contributed by atoms with Crippen molar-refractivity contribution < 1.29 is 23.9 Å². The van der Waals surface area contributed by atoms with E-state index in [-0.39, 0.29) is 18.1 Å². The van der Waals surface area contributed by atoms with E-state index < -0.39 is 10.7 Å². The molecule has 2 aromatic rings. The molecule has 24 heavy (non-hydrogen) atoms.